The van der Waals surface area contributed by atoms with Crippen LogP contribution in [0.5, 0.6) is 5.75 Å². The molecule has 5 nitrogen and oxygen atoms in total. The molecule has 0 bridgehead atoms. The maximum atomic E-state index is 11.8. The molecule has 1 heterocycles. The van der Waals surface area contributed by atoms with Crippen LogP contribution in [0.1, 0.15) is 30.6 Å². The van der Waals surface area contributed by atoms with Crippen molar-refractivity contribution in [1.82, 2.24) is 4.57 Å². The summed E-state index contributed by atoms with van der Waals surface area (Å²) in [5, 5.41) is 0.839. The molecule has 1 aromatic heterocycles. The summed E-state index contributed by atoms with van der Waals surface area (Å²) in [5.41, 5.74) is 1.54. The topological polar surface area (TPSA) is 57.5 Å². The highest BCUT2D eigenvalue weighted by atomic mass is 16.5. The van der Waals surface area contributed by atoms with E-state index in [1.807, 2.05) is 22.8 Å². The number of benzene rings is 1. The van der Waals surface area contributed by atoms with Crippen LogP contribution in [-0.2, 0) is 16.1 Å². The normalized spacial score (nSPS) is 10.6. The van der Waals surface area contributed by atoms with Gasteiger partial charge in [-0.1, -0.05) is 0 Å². The molecule has 0 amide bonds. The maximum Gasteiger partial charge on any atom is 0.307 e. The highest BCUT2D eigenvalue weighted by Gasteiger charge is 2.13. The first-order valence-electron chi connectivity index (χ1n) is 6.90. The van der Waals surface area contributed by atoms with E-state index in [4.69, 9.17) is 9.47 Å². The molecule has 21 heavy (non-hydrogen) atoms. The zero-order valence-electron chi connectivity index (χ0n) is 12.5. The Morgan fingerprint density at radius 3 is 2.67 bits per heavy atom. The van der Waals surface area contributed by atoms with Crippen LogP contribution in [0.3, 0.4) is 0 Å². The maximum absolute atomic E-state index is 11.8. The molecular weight excluding hydrogens is 270 g/mol. The molecule has 0 spiro atoms. The number of hydrogen-bond acceptors (Lipinski definition) is 4. The fourth-order valence-electron chi connectivity index (χ4n) is 2.31. The fraction of sp³-hybridized carbons (Fsp3) is 0.375. The molecule has 0 fully saturated rings. The molecule has 0 aliphatic carbocycles. The number of nitrogens with zero attached hydrogens (tertiary/aromatic N) is 1. The van der Waals surface area contributed by atoms with Gasteiger partial charge in [0.1, 0.15) is 5.75 Å². The van der Waals surface area contributed by atoms with Gasteiger partial charge in [0.25, 0.3) is 0 Å². The molecule has 1 aromatic carbocycles. The first-order chi connectivity index (χ1) is 10.1. The Hall–Kier alpha value is -2.30. The number of ketones is 1. The highest BCUT2D eigenvalue weighted by molar-refractivity contribution is 6.07. The largest absolute Gasteiger partial charge is 0.497 e. The van der Waals surface area contributed by atoms with E-state index in [0.29, 0.717) is 24.5 Å². The Morgan fingerprint density at radius 2 is 2.05 bits per heavy atom. The van der Waals surface area contributed by atoms with Gasteiger partial charge in [-0.2, -0.15) is 0 Å². The number of aryl methyl sites for hydroxylation is 1. The van der Waals surface area contributed by atoms with Crippen LogP contribution in [-0.4, -0.2) is 30.0 Å². The lowest BCUT2D eigenvalue weighted by atomic mass is 10.1. The summed E-state index contributed by atoms with van der Waals surface area (Å²) in [7, 11) is 1.59. The second kappa shape index (κ2) is 6.43. The van der Waals surface area contributed by atoms with Crippen molar-refractivity contribution in [2.45, 2.75) is 26.8 Å². The number of fused-ring (bicyclic) bond motifs is 1. The van der Waals surface area contributed by atoms with Crippen molar-refractivity contribution in [3.8, 4) is 5.75 Å². The third-order valence-corrected chi connectivity index (χ3v) is 3.33. The summed E-state index contributed by atoms with van der Waals surface area (Å²) < 4.78 is 12.0. The molecule has 0 aliphatic rings. The number of rotatable bonds is 6. The van der Waals surface area contributed by atoms with Gasteiger partial charge in [-0.3, -0.25) is 9.59 Å². The van der Waals surface area contributed by atoms with Crippen molar-refractivity contribution in [3.63, 3.8) is 0 Å². The molecule has 0 N–H and O–H groups in total. The molecule has 112 valence electrons. The van der Waals surface area contributed by atoms with Gasteiger partial charge in [-0.25, -0.2) is 0 Å². The van der Waals surface area contributed by atoms with Gasteiger partial charge in [0.15, 0.2) is 5.78 Å². The van der Waals surface area contributed by atoms with Crippen molar-refractivity contribution in [2.24, 2.45) is 0 Å². The van der Waals surface area contributed by atoms with Crippen LogP contribution in [0.2, 0.25) is 0 Å². The van der Waals surface area contributed by atoms with Crippen molar-refractivity contribution >= 4 is 22.7 Å². The Morgan fingerprint density at radius 1 is 1.29 bits per heavy atom. The van der Waals surface area contributed by atoms with E-state index < -0.39 is 0 Å². The highest BCUT2D eigenvalue weighted by Crippen LogP contribution is 2.26. The molecule has 0 atom stereocenters. The van der Waals surface area contributed by atoms with Gasteiger partial charge in [0.2, 0.25) is 0 Å². The number of hydrogen-bond donors (Lipinski definition) is 0. The van der Waals surface area contributed by atoms with Crippen LogP contribution in [0.25, 0.3) is 10.9 Å². The van der Waals surface area contributed by atoms with E-state index in [1.54, 1.807) is 20.2 Å². The Kier molecular flexibility index (Phi) is 4.62. The van der Waals surface area contributed by atoms with Gasteiger partial charge < -0.3 is 14.0 Å². The molecule has 0 unspecified atom stereocenters. The van der Waals surface area contributed by atoms with Gasteiger partial charge in [0, 0.05) is 29.2 Å². The van der Waals surface area contributed by atoms with E-state index in [0.717, 1.165) is 10.9 Å². The first kappa shape index (κ1) is 15.1. The third-order valence-electron chi connectivity index (χ3n) is 3.33. The number of ether oxygens (including phenoxy) is 2. The second-order valence-corrected chi connectivity index (χ2v) is 4.73. The summed E-state index contributed by atoms with van der Waals surface area (Å²) in [6.07, 6.45) is 2.06. The zero-order chi connectivity index (χ0) is 15.4. The van der Waals surface area contributed by atoms with Gasteiger partial charge in [-0.15, -0.1) is 0 Å². The van der Waals surface area contributed by atoms with E-state index in [-0.39, 0.29) is 18.2 Å². The van der Waals surface area contributed by atoms with Crippen molar-refractivity contribution < 1.29 is 19.1 Å². The molecular formula is C16H19NO4. The van der Waals surface area contributed by atoms with Crippen LogP contribution in [0, 0.1) is 0 Å². The minimum absolute atomic E-state index is 0.0110. The average Bonchev–Trinajstić information content (AvgIpc) is 2.83. The number of carbonyl (C=O) groups is 2. The first-order valence-corrected chi connectivity index (χ1v) is 6.90. The monoisotopic (exact) mass is 289 g/mol. The minimum Gasteiger partial charge on any atom is -0.497 e. The van der Waals surface area contributed by atoms with Gasteiger partial charge >= 0.3 is 5.97 Å². The van der Waals surface area contributed by atoms with Gasteiger partial charge in [0.05, 0.1) is 20.1 Å². The lowest BCUT2D eigenvalue weighted by Crippen LogP contribution is -2.08. The summed E-state index contributed by atoms with van der Waals surface area (Å²) in [5.74, 6) is 0.452. The lowest BCUT2D eigenvalue weighted by Gasteiger charge is -2.06. The van der Waals surface area contributed by atoms with Crippen LogP contribution >= 0.6 is 0 Å². The summed E-state index contributed by atoms with van der Waals surface area (Å²) in [6, 6.07) is 5.58. The molecule has 0 saturated carbocycles. The second-order valence-electron chi connectivity index (χ2n) is 4.73. The smallest absolute Gasteiger partial charge is 0.307 e. The molecule has 5 heteroatoms. The quantitative estimate of drug-likeness (QED) is 0.606. The van der Waals surface area contributed by atoms with Crippen LogP contribution in [0.4, 0.5) is 0 Å². The Balaban J connectivity index is 2.36. The lowest BCUT2D eigenvalue weighted by molar-refractivity contribution is -0.143. The van der Waals surface area contributed by atoms with E-state index >= 15 is 0 Å². The SMILES string of the molecule is CCOC(=O)CCn1cc(C(C)=O)c2cc(OC)ccc21. The number of esters is 1. The van der Waals surface area contributed by atoms with Gasteiger partial charge in [-0.05, 0) is 32.0 Å². The Bertz CT molecular complexity index is 672. The summed E-state index contributed by atoms with van der Waals surface area (Å²) in [6.45, 7) is 4.17. The average molecular weight is 289 g/mol. The molecule has 2 aromatic rings. The molecule has 0 radical (unpaired) electrons. The number of carbonyl (C=O) groups excluding carboxylic acids is 2. The van der Waals surface area contributed by atoms with E-state index in [2.05, 4.69) is 0 Å². The minimum atomic E-state index is -0.239. The van der Waals surface area contributed by atoms with Crippen molar-refractivity contribution in [3.05, 3.63) is 30.0 Å². The molecule has 0 aliphatic heterocycles. The van der Waals surface area contributed by atoms with Crippen LogP contribution in [0.15, 0.2) is 24.4 Å². The fourth-order valence-corrected chi connectivity index (χ4v) is 2.31. The molecule has 2 rings (SSSR count). The predicted octanol–water partition coefficient (Wildman–Crippen LogP) is 2.81. The third kappa shape index (κ3) is 3.24. The standard InChI is InChI=1S/C16H19NO4/c1-4-21-16(19)7-8-17-10-14(11(2)18)13-9-12(20-3)5-6-15(13)17/h5-6,9-10H,4,7-8H2,1-3H3. The van der Waals surface area contributed by atoms with Crippen molar-refractivity contribution in [1.29, 1.82) is 0 Å². The summed E-state index contributed by atoms with van der Waals surface area (Å²) >= 11 is 0. The molecule has 0 saturated heterocycles. The van der Waals surface area contributed by atoms with E-state index in [1.165, 1.54) is 6.92 Å². The van der Waals surface area contributed by atoms with E-state index in [9.17, 15) is 9.59 Å². The number of Topliss-reactive ketones (excluding diaryl/α,β-unsaturated/α-hetero) is 1. The zero-order valence-corrected chi connectivity index (χ0v) is 12.5. The Labute approximate surface area is 123 Å². The predicted molar refractivity (Wildman–Crippen MR) is 79.7 cm³/mol. The van der Waals surface area contributed by atoms with Crippen LogP contribution < -0.4 is 4.74 Å². The van der Waals surface area contributed by atoms with Crippen molar-refractivity contribution in [2.75, 3.05) is 13.7 Å². The number of methoxy groups -OCH3 is 1. The number of aromatic nitrogens is 1. The summed E-state index contributed by atoms with van der Waals surface area (Å²) in [4.78, 5) is 23.2.